The van der Waals surface area contributed by atoms with E-state index in [1.165, 1.54) is 44.9 Å². The van der Waals surface area contributed by atoms with E-state index >= 15 is 0 Å². The van der Waals surface area contributed by atoms with Crippen LogP contribution in [0.3, 0.4) is 0 Å². The third-order valence-corrected chi connectivity index (χ3v) is 13.2. The summed E-state index contributed by atoms with van der Waals surface area (Å²) in [6.07, 6.45) is 11.9. The zero-order chi connectivity index (χ0) is 30.7. The first-order valence-electron chi connectivity index (χ1n) is 16.7. The van der Waals surface area contributed by atoms with Gasteiger partial charge in [0, 0.05) is 23.6 Å². The van der Waals surface area contributed by atoms with E-state index in [-0.39, 0.29) is 29.4 Å². The summed E-state index contributed by atoms with van der Waals surface area (Å²) in [4.78, 5) is 36.6. The van der Waals surface area contributed by atoms with Crippen LogP contribution in [0.4, 0.5) is 5.69 Å². The lowest BCUT2D eigenvalue weighted by atomic mass is 9.44. The molecule has 7 heteroatoms. The van der Waals surface area contributed by atoms with Gasteiger partial charge in [0.1, 0.15) is 5.58 Å². The van der Waals surface area contributed by atoms with E-state index in [2.05, 4.69) is 26.1 Å². The highest BCUT2D eigenvalue weighted by atomic mass is 16.4. The van der Waals surface area contributed by atoms with Gasteiger partial charge in [-0.25, -0.2) is 4.79 Å². The molecule has 1 amide bonds. The minimum atomic E-state index is -1.09. The quantitative estimate of drug-likeness (QED) is 0.296. The highest BCUT2D eigenvalue weighted by Gasteiger charge is 2.63. The van der Waals surface area contributed by atoms with E-state index in [9.17, 15) is 19.5 Å². The monoisotopic (exact) mass is 591 g/mol. The highest BCUT2D eigenvalue weighted by molar-refractivity contribution is 5.94. The van der Waals surface area contributed by atoms with Gasteiger partial charge in [0.25, 0.3) is 0 Å². The number of carbonyl (C=O) groups excluding carboxylic acids is 1. The van der Waals surface area contributed by atoms with Crippen molar-refractivity contribution in [1.29, 1.82) is 0 Å². The summed E-state index contributed by atoms with van der Waals surface area (Å²) in [6.45, 7) is 8.91. The molecule has 1 aromatic carbocycles. The van der Waals surface area contributed by atoms with Crippen LogP contribution in [0, 0.1) is 53.3 Å². The van der Waals surface area contributed by atoms with Crippen molar-refractivity contribution in [2.24, 2.45) is 46.3 Å². The topological polar surface area (TPSA) is 117 Å². The molecule has 43 heavy (non-hydrogen) atoms. The van der Waals surface area contributed by atoms with Gasteiger partial charge >= 0.3 is 11.6 Å². The van der Waals surface area contributed by atoms with E-state index in [1.807, 2.05) is 0 Å². The number of rotatable bonds is 7. The van der Waals surface area contributed by atoms with Gasteiger partial charge in [-0.3, -0.25) is 9.59 Å². The number of amides is 1. The Morgan fingerprint density at radius 2 is 1.88 bits per heavy atom. The van der Waals surface area contributed by atoms with Gasteiger partial charge in [-0.15, -0.1) is 0 Å². The molecular formula is C36H49NO6. The fourth-order valence-corrected chi connectivity index (χ4v) is 10.8. The second-order valence-electron chi connectivity index (χ2n) is 15.0. The second kappa shape index (κ2) is 11.4. The molecule has 4 aliphatic carbocycles. The summed E-state index contributed by atoms with van der Waals surface area (Å²) in [5.74, 6) is 2.37. The number of hydrogen-bond donors (Lipinski definition) is 3. The number of carboxylic acid groups (broad SMARTS) is 1. The lowest BCUT2D eigenvalue weighted by Gasteiger charge is -2.62. The van der Waals surface area contributed by atoms with Crippen LogP contribution in [0.25, 0.3) is 11.0 Å². The van der Waals surface area contributed by atoms with Crippen LogP contribution in [-0.2, 0) is 16.0 Å². The summed E-state index contributed by atoms with van der Waals surface area (Å²) in [7, 11) is 0. The molecule has 4 aliphatic rings. The number of aliphatic hydroxyl groups is 1. The summed E-state index contributed by atoms with van der Waals surface area (Å²) >= 11 is 0. The number of aliphatic carboxylic acids is 1. The van der Waals surface area contributed by atoms with E-state index in [0.717, 1.165) is 31.1 Å². The molecule has 234 valence electrons. The van der Waals surface area contributed by atoms with Crippen LogP contribution in [0.5, 0.6) is 0 Å². The van der Waals surface area contributed by atoms with Crippen LogP contribution in [-0.4, -0.2) is 28.2 Å². The fourth-order valence-electron chi connectivity index (χ4n) is 10.8. The highest BCUT2D eigenvalue weighted by Crippen LogP contribution is 2.68. The Hall–Kier alpha value is -2.67. The largest absolute Gasteiger partial charge is 0.481 e. The van der Waals surface area contributed by atoms with Crippen LogP contribution in [0.2, 0.25) is 0 Å². The second-order valence-corrected chi connectivity index (χ2v) is 15.0. The molecular weight excluding hydrogens is 542 g/mol. The van der Waals surface area contributed by atoms with Crippen molar-refractivity contribution in [3.8, 4) is 0 Å². The first kappa shape index (κ1) is 30.4. The molecule has 0 bridgehead atoms. The first-order chi connectivity index (χ1) is 20.4. The van der Waals surface area contributed by atoms with Gasteiger partial charge in [-0.1, -0.05) is 33.6 Å². The molecule has 7 nitrogen and oxygen atoms in total. The Kier molecular flexibility index (Phi) is 8.02. The average Bonchev–Trinajstić information content (AvgIpc) is 3.33. The summed E-state index contributed by atoms with van der Waals surface area (Å²) in [6, 6.07) is 5.16. The zero-order valence-electron chi connectivity index (χ0n) is 26.3. The Morgan fingerprint density at radius 1 is 1.09 bits per heavy atom. The van der Waals surface area contributed by atoms with E-state index in [1.54, 1.807) is 25.1 Å². The van der Waals surface area contributed by atoms with Crippen molar-refractivity contribution in [2.75, 3.05) is 5.32 Å². The molecule has 9 atom stereocenters. The first-order valence-corrected chi connectivity index (χ1v) is 16.7. The van der Waals surface area contributed by atoms with Crippen molar-refractivity contribution in [2.45, 2.75) is 111 Å². The SMILES string of the molecule is Cc1c(CC(=O)O)c(=O)oc2cc(NC(=O)CC[C@@H](C)[C@H]3CC[C@H]4C5CC[C@@H]6CCCC[C@]6(C)[C@H]5C[C@H](O)[C@]34C)ccc12. The number of benzene rings is 1. The fraction of sp³-hybridized carbons (Fsp3) is 0.694. The number of hydrogen-bond acceptors (Lipinski definition) is 5. The zero-order valence-corrected chi connectivity index (χ0v) is 26.3. The lowest BCUT2D eigenvalue weighted by molar-refractivity contribution is -0.168. The van der Waals surface area contributed by atoms with Gasteiger partial charge in [-0.2, -0.15) is 0 Å². The molecule has 4 saturated carbocycles. The van der Waals surface area contributed by atoms with Crippen LogP contribution < -0.4 is 10.9 Å². The third-order valence-electron chi connectivity index (χ3n) is 13.2. The standard InChI is InChI=1S/C36H49NO6/c1-20(8-15-32(39)37-23-10-12-24-21(2)26(18-33(40)41)34(42)43-30(24)17-23)27-13-14-28-25-11-9-22-7-5-6-16-35(22,3)29(25)19-31(38)36(27,28)4/h10,12,17,20,22,25,27-29,31,38H,5-9,11,13-16,18-19H2,1-4H3,(H,37,39)(H,40,41)/t20-,22+,25?,27-,28+,29+,31+,35+,36-/m1/s1. The smallest absolute Gasteiger partial charge is 0.340 e. The number of carboxylic acids is 1. The average molecular weight is 592 g/mol. The molecule has 2 aromatic rings. The Morgan fingerprint density at radius 3 is 2.65 bits per heavy atom. The van der Waals surface area contributed by atoms with Crippen molar-refractivity contribution in [3.05, 3.63) is 39.7 Å². The lowest BCUT2D eigenvalue weighted by Crippen LogP contribution is -2.58. The molecule has 0 saturated heterocycles. The number of anilines is 1. The van der Waals surface area contributed by atoms with Gasteiger partial charge in [0.05, 0.1) is 18.1 Å². The van der Waals surface area contributed by atoms with Crippen molar-refractivity contribution < 1.29 is 24.2 Å². The van der Waals surface area contributed by atoms with Gasteiger partial charge in [0.15, 0.2) is 0 Å². The minimum Gasteiger partial charge on any atom is -0.481 e. The van der Waals surface area contributed by atoms with Crippen LogP contribution >= 0.6 is 0 Å². The van der Waals surface area contributed by atoms with Gasteiger partial charge in [-0.05, 0) is 122 Å². The maximum Gasteiger partial charge on any atom is 0.340 e. The van der Waals surface area contributed by atoms with E-state index in [4.69, 9.17) is 9.52 Å². The molecule has 1 aromatic heterocycles. The molecule has 0 spiro atoms. The van der Waals surface area contributed by atoms with Gasteiger partial charge in [0.2, 0.25) is 5.91 Å². The van der Waals surface area contributed by atoms with E-state index < -0.39 is 11.6 Å². The molecule has 1 unspecified atom stereocenters. The molecule has 3 N–H and O–H groups in total. The number of fused-ring (bicyclic) bond motifs is 6. The molecule has 6 rings (SSSR count). The van der Waals surface area contributed by atoms with E-state index in [0.29, 0.717) is 57.7 Å². The van der Waals surface area contributed by atoms with Crippen molar-refractivity contribution in [1.82, 2.24) is 0 Å². The number of aliphatic hydroxyl groups excluding tert-OH is 1. The number of carbonyl (C=O) groups is 2. The van der Waals surface area contributed by atoms with Crippen molar-refractivity contribution >= 4 is 28.5 Å². The number of aryl methyl sites for hydroxylation is 1. The predicted octanol–water partition coefficient (Wildman–Crippen LogP) is 7.10. The molecule has 1 heterocycles. The minimum absolute atomic E-state index is 0.0812. The maximum atomic E-state index is 13.0. The Balaban J connectivity index is 1.10. The maximum absolute atomic E-state index is 13.0. The van der Waals surface area contributed by atoms with Gasteiger partial charge < -0.3 is 19.9 Å². The third kappa shape index (κ3) is 5.13. The Labute approximate surface area is 254 Å². The summed E-state index contributed by atoms with van der Waals surface area (Å²) in [5.41, 5.74) is 1.26. The van der Waals surface area contributed by atoms with Crippen LogP contribution in [0.1, 0.15) is 103 Å². The summed E-state index contributed by atoms with van der Waals surface area (Å²) in [5, 5.41) is 24.6. The molecule has 0 radical (unpaired) electrons. The molecule has 4 fully saturated rings. The summed E-state index contributed by atoms with van der Waals surface area (Å²) < 4.78 is 5.41. The Bertz CT molecular complexity index is 1460. The van der Waals surface area contributed by atoms with Crippen molar-refractivity contribution in [3.63, 3.8) is 0 Å². The number of nitrogens with one attached hydrogen (secondary N) is 1. The predicted molar refractivity (Wildman–Crippen MR) is 167 cm³/mol. The normalized spacial score (nSPS) is 35.9. The molecule has 0 aliphatic heterocycles. The van der Waals surface area contributed by atoms with Crippen LogP contribution in [0.15, 0.2) is 27.4 Å².